The van der Waals surface area contributed by atoms with Crippen LogP contribution in [-0.2, 0) is 13.5 Å². The zero-order valence-corrected chi connectivity index (χ0v) is 16.5. The Labute approximate surface area is 170 Å². The van der Waals surface area contributed by atoms with Crippen LogP contribution in [0, 0.1) is 6.92 Å². The number of aromatic nitrogens is 7. The fraction of sp³-hybridized carbons (Fsp3) is 0.150. The van der Waals surface area contributed by atoms with Gasteiger partial charge >= 0.3 is 0 Å². The number of benzene rings is 1. The molecule has 0 aliphatic rings. The van der Waals surface area contributed by atoms with E-state index in [-0.39, 0.29) is 0 Å². The Morgan fingerprint density at radius 1 is 1.14 bits per heavy atom. The van der Waals surface area contributed by atoms with Gasteiger partial charge in [0.2, 0.25) is 5.89 Å². The van der Waals surface area contributed by atoms with Gasteiger partial charge in [-0.15, -0.1) is 10.2 Å². The lowest BCUT2D eigenvalue weighted by Gasteiger charge is -2.03. The van der Waals surface area contributed by atoms with Crippen LogP contribution in [0.2, 0.25) is 5.02 Å². The molecule has 0 aliphatic carbocycles. The third-order valence-corrected chi connectivity index (χ3v) is 5.03. The maximum atomic E-state index is 6.04. The zero-order chi connectivity index (χ0) is 20.0. The second kappa shape index (κ2) is 6.82. The van der Waals surface area contributed by atoms with Crippen LogP contribution >= 0.6 is 11.6 Å². The van der Waals surface area contributed by atoms with Crippen LogP contribution in [0.3, 0.4) is 0 Å². The quantitative estimate of drug-likeness (QED) is 0.452. The first-order valence-corrected chi connectivity index (χ1v) is 9.37. The van der Waals surface area contributed by atoms with E-state index in [9.17, 15) is 0 Å². The van der Waals surface area contributed by atoms with Crippen molar-refractivity contribution in [2.24, 2.45) is 7.05 Å². The lowest BCUT2D eigenvalue weighted by Crippen LogP contribution is -1.97. The first kappa shape index (κ1) is 17.6. The molecule has 0 amide bonds. The summed E-state index contributed by atoms with van der Waals surface area (Å²) in [5.74, 6) is 0.844. The van der Waals surface area contributed by atoms with Gasteiger partial charge in [-0.25, -0.2) is 9.50 Å². The van der Waals surface area contributed by atoms with E-state index in [2.05, 4.69) is 25.4 Å². The number of rotatable bonds is 4. The molecule has 1 aromatic carbocycles. The summed E-state index contributed by atoms with van der Waals surface area (Å²) in [5, 5.41) is 17.9. The number of hydrogen-bond acceptors (Lipinski definition) is 6. The minimum absolute atomic E-state index is 0.349. The van der Waals surface area contributed by atoms with Crippen LogP contribution in [0.15, 0.2) is 53.2 Å². The van der Waals surface area contributed by atoms with Crippen LogP contribution in [0.25, 0.3) is 28.5 Å². The van der Waals surface area contributed by atoms with E-state index in [1.165, 1.54) is 0 Å². The maximum absolute atomic E-state index is 6.04. The van der Waals surface area contributed by atoms with Crippen molar-refractivity contribution in [1.82, 2.24) is 34.6 Å². The molecule has 0 atom stereocenters. The topological polar surface area (TPSA) is 86.9 Å². The number of fused-ring (bicyclic) bond motifs is 1. The van der Waals surface area contributed by atoms with Gasteiger partial charge in [0.1, 0.15) is 0 Å². The van der Waals surface area contributed by atoms with Gasteiger partial charge in [0.05, 0.1) is 18.3 Å². The van der Waals surface area contributed by atoms with E-state index in [1.807, 2.05) is 61.2 Å². The number of hydrogen-bond donors (Lipinski definition) is 0. The highest BCUT2D eigenvalue weighted by atomic mass is 35.5. The molecule has 0 bridgehead atoms. The predicted molar refractivity (Wildman–Crippen MR) is 107 cm³/mol. The summed E-state index contributed by atoms with van der Waals surface area (Å²) in [6.45, 7) is 2.01. The van der Waals surface area contributed by atoms with Gasteiger partial charge in [-0.2, -0.15) is 10.2 Å². The Kier molecular flexibility index (Phi) is 4.13. The number of nitrogens with zero attached hydrogens (tertiary/aromatic N) is 7. The SMILES string of the molecule is Cc1c(-c2ccnc3cc(-c4nnc(Cc5cccc(Cl)c5)o4)nn23)cnn1C. The van der Waals surface area contributed by atoms with Crippen molar-refractivity contribution in [3.8, 4) is 22.8 Å². The molecular weight excluding hydrogens is 390 g/mol. The molecule has 0 fully saturated rings. The van der Waals surface area contributed by atoms with Gasteiger partial charge < -0.3 is 4.42 Å². The van der Waals surface area contributed by atoms with E-state index < -0.39 is 0 Å². The van der Waals surface area contributed by atoms with Gasteiger partial charge in [0.15, 0.2) is 11.3 Å². The molecule has 29 heavy (non-hydrogen) atoms. The number of aryl methyl sites for hydroxylation is 1. The minimum atomic E-state index is 0.349. The van der Waals surface area contributed by atoms with Crippen LogP contribution < -0.4 is 0 Å². The van der Waals surface area contributed by atoms with Crippen LogP contribution in [-0.4, -0.2) is 34.6 Å². The highest BCUT2D eigenvalue weighted by Gasteiger charge is 2.17. The monoisotopic (exact) mass is 405 g/mol. The molecule has 8 nitrogen and oxygen atoms in total. The summed E-state index contributed by atoms with van der Waals surface area (Å²) in [4.78, 5) is 4.40. The van der Waals surface area contributed by atoms with Crippen LogP contribution in [0.1, 0.15) is 17.1 Å². The molecule has 0 spiro atoms. The molecule has 9 heteroatoms. The second-order valence-corrected chi connectivity index (χ2v) is 7.14. The highest BCUT2D eigenvalue weighted by Crippen LogP contribution is 2.26. The molecule has 0 N–H and O–H groups in total. The fourth-order valence-electron chi connectivity index (χ4n) is 3.20. The van der Waals surface area contributed by atoms with E-state index in [4.69, 9.17) is 16.0 Å². The van der Waals surface area contributed by atoms with Gasteiger partial charge in [0, 0.05) is 35.6 Å². The summed E-state index contributed by atoms with van der Waals surface area (Å²) in [5.41, 5.74) is 5.17. The van der Waals surface area contributed by atoms with Crippen molar-refractivity contribution in [2.75, 3.05) is 0 Å². The molecule has 4 heterocycles. The summed E-state index contributed by atoms with van der Waals surface area (Å²) >= 11 is 6.04. The van der Waals surface area contributed by atoms with Crippen molar-refractivity contribution in [3.05, 3.63) is 71.0 Å². The average molecular weight is 406 g/mol. The Balaban J connectivity index is 1.51. The molecule has 4 aromatic heterocycles. The standard InChI is InChI=1S/C20H16ClN7O/c1-12-15(11-23-27(12)2)17-6-7-22-18-10-16(26-28(17)18)20-25-24-19(29-20)9-13-4-3-5-14(21)8-13/h3-8,10-11H,9H2,1-2H3. The summed E-state index contributed by atoms with van der Waals surface area (Å²) in [6.07, 6.45) is 4.07. The normalized spacial score (nSPS) is 11.4. The minimum Gasteiger partial charge on any atom is -0.419 e. The smallest absolute Gasteiger partial charge is 0.268 e. The Bertz CT molecular complexity index is 1330. The molecule has 5 rings (SSSR count). The zero-order valence-electron chi connectivity index (χ0n) is 15.7. The van der Waals surface area contributed by atoms with E-state index in [1.54, 1.807) is 10.7 Å². The molecule has 5 aromatic rings. The van der Waals surface area contributed by atoms with Crippen molar-refractivity contribution in [1.29, 1.82) is 0 Å². The molecule has 0 aliphatic heterocycles. The lowest BCUT2D eigenvalue weighted by molar-refractivity contribution is 0.516. The fourth-order valence-corrected chi connectivity index (χ4v) is 3.42. The number of halogens is 1. The van der Waals surface area contributed by atoms with Crippen molar-refractivity contribution >= 4 is 17.2 Å². The molecule has 0 saturated carbocycles. The van der Waals surface area contributed by atoms with E-state index >= 15 is 0 Å². The third-order valence-electron chi connectivity index (χ3n) is 4.80. The maximum Gasteiger partial charge on any atom is 0.268 e. The highest BCUT2D eigenvalue weighted by molar-refractivity contribution is 6.30. The first-order chi connectivity index (χ1) is 14.1. The van der Waals surface area contributed by atoms with Gasteiger partial charge in [0.25, 0.3) is 5.89 Å². The molecule has 0 radical (unpaired) electrons. The Morgan fingerprint density at radius 2 is 2.03 bits per heavy atom. The van der Waals surface area contributed by atoms with Crippen LogP contribution in [0.5, 0.6) is 0 Å². The molecule has 144 valence electrons. The third kappa shape index (κ3) is 3.17. The lowest BCUT2D eigenvalue weighted by atomic mass is 10.1. The van der Waals surface area contributed by atoms with E-state index in [0.29, 0.717) is 34.6 Å². The summed E-state index contributed by atoms with van der Waals surface area (Å²) < 4.78 is 9.42. The predicted octanol–water partition coefficient (Wildman–Crippen LogP) is 3.73. The Hall–Kier alpha value is -3.52. The summed E-state index contributed by atoms with van der Waals surface area (Å²) in [7, 11) is 1.91. The molecule has 0 saturated heterocycles. The summed E-state index contributed by atoms with van der Waals surface area (Å²) in [6, 6.07) is 11.3. The average Bonchev–Trinajstić information content (AvgIpc) is 3.41. The van der Waals surface area contributed by atoms with Crippen molar-refractivity contribution < 1.29 is 4.42 Å². The van der Waals surface area contributed by atoms with E-state index in [0.717, 1.165) is 22.5 Å². The van der Waals surface area contributed by atoms with Gasteiger partial charge in [-0.05, 0) is 30.7 Å². The first-order valence-electron chi connectivity index (χ1n) is 8.99. The van der Waals surface area contributed by atoms with Crippen molar-refractivity contribution in [2.45, 2.75) is 13.3 Å². The Morgan fingerprint density at radius 3 is 2.83 bits per heavy atom. The van der Waals surface area contributed by atoms with Gasteiger partial charge in [-0.1, -0.05) is 23.7 Å². The molecular formula is C20H16ClN7O. The second-order valence-electron chi connectivity index (χ2n) is 6.70. The molecule has 0 unspecified atom stereocenters. The van der Waals surface area contributed by atoms with Crippen LogP contribution in [0.4, 0.5) is 0 Å². The van der Waals surface area contributed by atoms with Crippen molar-refractivity contribution in [3.63, 3.8) is 0 Å². The largest absolute Gasteiger partial charge is 0.419 e. The van der Waals surface area contributed by atoms with Gasteiger partial charge in [-0.3, -0.25) is 4.68 Å².